The monoisotopic (exact) mass is 128 g/mol. The molecule has 1 aliphatic rings. The van der Waals surface area contributed by atoms with Crippen molar-refractivity contribution in [1.82, 2.24) is 0 Å². The molecule has 0 spiro atoms. The van der Waals surface area contributed by atoms with Gasteiger partial charge in [0.1, 0.15) is 10.5 Å². The van der Waals surface area contributed by atoms with Crippen LogP contribution in [-0.4, -0.2) is 17.1 Å². The lowest BCUT2D eigenvalue weighted by molar-refractivity contribution is 0.385. The third-order valence-corrected chi connectivity index (χ3v) is 1.75. The molecule has 0 N–H and O–H groups in total. The van der Waals surface area contributed by atoms with Gasteiger partial charge in [-0.3, -0.25) is 0 Å². The van der Waals surface area contributed by atoms with Gasteiger partial charge in [-0.25, -0.2) is 0 Å². The molecule has 46 valence electrons. The molecule has 1 aliphatic carbocycles. The van der Waals surface area contributed by atoms with E-state index in [0.29, 0.717) is 0 Å². The largest absolute Gasteiger partial charge is 0.424 e. The van der Waals surface area contributed by atoms with Crippen molar-refractivity contribution in [3.05, 3.63) is 11.6 Å². The molecule has 0 heterocycles. The van der Waals surface area contributed by atoms with E-state index >= 15 is 0 Å². The zero-order valence-electron chi connectivity index (χ0n) is 5.31. The molecule has 0 aromatic carbocycles. The predicted octanol–water partition coefficient (Wildman–Crippen LogP) is 0.394. The van der Waals surface area contributed by atoms with Crippen molar-refractivity contribution in [3.63, 3.8) is 0 Å². The minimum atomic E-state index is 0.883. The summed E-state index contributed by atoms with van der Waals surface area (Å²) in [6, 6.07) is 0. The Morgan fingerprint density at radius 2 is 2.62 bits per heavy atom. The van der Waals surface area contributed by atoms with Gasteiger partial charge in [0.05, 0.1) is 6.61 Å². The molecule has 0 radical (unpaired) electrons. The highest BCUT2D eigenvalue weighted by molar-refractivity contribution is 5.98. The molecule has 0 atom stereocenters. The van der Waals surface area contributed by atoms with Crippen molar-refractivity contribution in [1.29, 1.82) is 0 Å². The van der Waals surface area contributed by atoms with E-state index in [1.165, 1.54) is 24.8 Å². The van der Waals surface area contributed by atoms with E-state index in [4.69, 9.17) is 4.43 Å². The van der Waals surface area contributed by atoms with Crippen LogP contribution in [0.2, 0.25) is 0 Å². The maximum atomic E-state index is 5.10. The van der Waals surface area contributed by atoms with Gasteiger partial charge in [0.2, 0.25) is 0 Å². The van der Waals surface area contributed by atoms with Gasteiger partial charge in [0.15, 0.2) is 0 Å². The lowest BCUT2D eigenvalue weighted by Crippen LogP contribution is -1.90. The molecule has 0 bridgehead atoms. The molecule has 8 heavy (non-hydrogen) atoms. The number of rotatable bonds is 2. The summed E-state index contributed by atoms with van der Waals surface area (Å²) in [5.74, 6) is 0. The van der Waals surface area contributed by atoms with E-state index in [1.54, 1.807) is 0 Å². The molecule has 1 rings (SSSR count). The Hall–Kier alpha value is -0.0831. The van der Waals surface area contributed by atoms with Gasteiger partial charge < -0.3 is 4.43 Å². The Morgan fingerprint density at radius 3 is 3.12 bits per heavy atom. The van der Waals surface area contributed by atoms with Crippen molar-refractivity contribution in [3.8, 4) is 0 Å². The third-order valence-electron chi connectivity index (χ3n) is 1.46. The average molecular weight is 128 g/mol. The lowest BCUT2D eigenvalue weighted by atomic mass is 10.2. The molecule has 0 unspecified atom stereocenters. The van der Waals surface area contributed by atoms with Crippen LogP contribution in [-0.2, 0) is 4.43 Å². The second kappa shape index (κ2) is 3.05. The Morgan fingerprint density at radius 1 is 1.75 bits per heavy atom. The van der Waals surface area contributed by atoms with Crippen LogP contribution in [0.15, 0.2) is 11.6 Å². The molecule has 1 nitrogen and oxygen atoms in total. The molecule has 2 heteroatoms. The molecule has 0 saturated carbocycles. The van der Waals surface area contributed by atoms with Gasteiger partial charge >= 0.3 is 0 Å². The zero-order chi connectivity index (χ0) is 5.82. The Kier molecular flexibility index (Phi) is 2.30. The van der Waals surface area contributed by atoms with Crippen LogP contribution in [0.1, 0.15) is 19.3 Å². The van der Waals surface area contributed by atoms with E-state index < -0.39 is 0 Å². The summed E-state index contributed by atoms with van der Waals surface area (Å²) >= 11 is 0. The highest BCUT2D eigenvalue weighted by Gasteiger charge is 2.01. The standard InChI is InChI=1S/C6H12OSi/c8-7-5-6-3-1-2-4-6/h3H,1-2,4-5H2,8H3. The molecule has 0 amide bonds. The zero-order valence-corrected chi connectivity index (χ0v) is 7.31. The topological polar surface area (TPSA) is 9.23 Å². The highest BCUT2D eigenvalue weighted by Crippen LogP contribution is 2.16. The first-order chi connectivity index (χ1) is 3.93. The summed E-state index contributed by atoms with van der Waals surface area (Å²) in [7, 11) is 0.883. The second-order valence-corrected chi connectivity index (χ2v) is 2.76. The average Bonchev–Trinajstić information content (AvgIpc) is 2.19. The van der Waals surface area contributed by atoms with E-state index in [-0.39, 0.29) is 0 Å². The fraction of sp³-hybridized carbons (Fsp3) is 0.667. The quantitative estimate of drug-likeness (QED) is 0.386. The predicted molar refractivity (Wildman–Crippen MR) is 37.8 cm³/mol. The van der Waals surface area contributed by atoms with Crippen molar-refractivity contribution >= 4 is 10.5 Å². The second-order valence-electron chi connectivity index (χ2n) is 2.19. The smallest absolute Gasteiger partial charge is 0.146 e. The fourth-order valence-electron chi connectivity index (χ4n) is 1.05. The molecule has 0 fully saturated rings. The Labute approximate surface area is 53.3 Å². The molecular formula is C6H12OSi. The summed E-state index contributed by atoms with van der Waals surface area (Å²) in [6.45, 7) is 0.909. The molecule has 0 saturated heterocycles. The van der Waals surface area contributed by atoms with Gasteiger partial charge in [-0.05, 0) is 24.8 Å². The maximum Gasteiger partial charge on any atom is 0.146 e. The summed E-state index contributed by atoms with van der Waals surface area (Å²) in [5.41, 5.74) is 1.51. The molecule has 0 aromatic rings. The maximum absolute atomic E-state index is 5.10. The van der Waals surface area contributed by atoms with Crippen LogP contribution in [0.25, 0.3) is 0 Å². The van der Waals surface area contributed by atoms with Crippen molar-refractivity contribution < 1.29 is 4.43 Å². The Balaban J connectivity index is 2.23. The van der Waals surface area contributed by atoms with Gasteiger partial charge in [0.25, 0.3) is 0 Å². The first-order valence-corrected chi connectivity index (χ1v) is 3.92. The van der Waals surface area contributed by atoms with Crippen LogP contribution in [0.4, 0.5) is 0 Å². The fourth-order valence-corrected chi connectivity index (χ4v) is 1.42. The van der Waals surface area contributed by atoms with E-state index in [0.717, 1.165) is 17.1 Å². The molecular weight excluding hydrogens is 116 g/mol. The summed E-state index contributed by atoms with van der Waals surface area (Å²) in [5, 5.41) is 0. The van der Waals surface area contributed by atoms with Crippen molar-refractivity contribution in [2.45, 2.75) is 19.3 Å². The van der Waals surface area contributed by atoms with Gasteiger partial charge in [-0.15, -0.1) is 0 Å². The van der Waals surface area contributed by atoms with Crippen LogP contribution in [0.5, 0.6) is 0 Å². The summed E-state index contributed by atoms with van der Waals surface area (Å²) in [6.07, 6.45) is 6.21. The number of allylic oxidation sites excluding steroid dienone is 1. The van der Waals surface area contributed by atoms with E-state index in [9.17, 15) is 0 Å². The summed E-state index contributed by atoms with van der Waals surface area (Å²) in [4.78, 5) is 0. The van der Waals surface area contributed by atoms with Crippen LogP contribution in [0, 0.1) is 0 Å². The van der Waals surface area contributed by atoms with Crippen molar-refractivity contribution in [2.75, 3.05) is 6.61 Å². The first kappa shape index (κ1) is 6.04. The minimum absolute atomic E-state index is 0.883. The number of hydrogen-bond acceptors (Lipinski definition) is 1. The first-order valence-electron chi connectivity index (χ1n) is 3.10. The third kappa shape index (κ3) is 1.45. The lowest BCUT2D eigenvalue weighted by Gasteiger charge is -1.96. The van der Waals surface area contributed by atoms with Gasteiger partial charge in [0, 0.05) is 0 Å². The van der Waals surface area contributed by atoms with Crippen LogP contribution >= 0.6 is 0 Å². The van der Waals surface area contributed by atoms with Gasteiger partial charge in [-0.2, -0.15) is 0 Å². The highest BCUT2D eigenvalue weighted by atomic mass is 28.2. The minimum Gasteiger partial charge on any atom is -0.424 e. The Bertz CT molecular complexity index is 98.7. The van der Waals surface area contributed by atoms with Crippen molar-refractivity contribution in [2.24, 2.45) is 0 Å². The SMILES string of the molecule is [SiH3]OCC1=CCCC1. The molecule has 0 aliphatic heterocycles. The van der Waals surface area contributed by atoms with Gasteiger partial charge in [-0.1, -0.05) is 6.08 Å². The van der Waals surface area contributed by atoms with Crippen LogP contribution in [0.3, 0.4) is 0 Å². The van der Waals surface area contributed by atoms with E-state index in [2.05, 4.69) is 6.08 Å². The van der Waals surface area contributed by atoms with E-state index in [1.807, 2.05) is 0 Å². The molecule has 0 aromatic heterocycles. The van der Waals surface area contributed by atoms with Crippen LogP contribution < -0.4 is 0 Å². The normalized spacial score (nSPS) is 19.2. The number of hydrogen-bond donors (Lipinski definition) is 0. The summed E-state index contributed by atoms with van der Waals surface area (Å²) < 4.78 is 5.10.